The molecule has 7 heteroatoms. The maximum Gasteiger partial charge on any atom is 0.254 e. The third-order valence-corrected chi connectivity index (χ3v) is 5.94. The van der Waals surface area contributed by atoms with E-state index >= 15 is 0 Å². The largest absolute Gasteiger partial charge is 0.504 e. The lowest BCUT2D eigenvalue weighted by Gasteiger charge is -2.13. The molecule has 1 N–H and O–H groups in total. The highest BCUT2D eigenvalue weighted by molar-refractivity contribution is 14.1. The third-order valence-electron chi connectivity index (χ3n) is 5.12. The predicted octanol–water partition coefficient (Wildman–Crippen LogP) is 2.54. The topological polar surface area (TPSA) is 79.2 Å². The maximum atomic E-state index is 12.6. The molecule has 1 aliphatic heterocycles. The van der Waals surface area contributed by atoms with E-state index in [0.29, 0.717) is 21.5 Å². The molecule has 0 unspecified atom stereocenters. The summed E-state index contributed by atoms with van der Waals surface area (Å²) in [4.78, 5) is 25.2. The number of carbonyl (C=O) groups is 2. The fourth-order valence-corrected chi connectivity index (χ4v) is 4.68. The molecule has 2 bridgehead atoms. The van der Waals surface area contributed by atoms with Crippen LogP contribution in [-0.4, -0.2) is 34.8 Å². The molecule has 4 atom stereocenters. The monoisotopic (exact) mass is 452 g/mol. The second kappa shape index (κ2) is 6.12. The number of hydrogen-bond donors (Lipinski definition) is 1. The molecular formula is C18H17IN2O4. The van der Waals surface area contributed by atoms with Crippen molar-refractivity contribution >= 4 is 40.6 Å². The maximum absolute atomic E-state index is 12.6. The molecule has 2 aliphatic carbocycles. The van der Waals surface area contributed by atoms with Gasteiger partial charge >= 0.3 is 0 Å². The minimum Gasteiger partial charge on any atom is -0.504 e. The van der Waals surface area contributed by atoms with Crippen LogP contribution < -0.4 is 4.74 Å². The molecule has 3 aliphatic rings. The van der Waals surface area contributed by atoms with Crippen LogP contribution in [0, 0.1) is 27.2 Å². The lowest BCUT2D eigenvalue weighted by molar-refractivity contribution is -0.140. The van der Waals surface area contributed by atoms with Gasteiger partial charge in [0.15, 0.2) is 11.5 Å². The van der Waals surface area contributed by atoms with Gasteiger partial charge in [0, 0.05) is 0 Å². The van der Waals surface area contributed by atoms with Crippen LogP contribution in [0.4, 0.5) is 0 Å². The molecule has 1 heterocycles. The van der Waals surface area contributed by atoms with Gasteiger partial charge in [0.05, 0.1) is 28.2 Å². The number of amides is 2. The van der Waals surface area contributed by atoms with Gasteiger partial charge in [0.25, 0.3) is 11.8 Å². The van der Waals surface area contributed by atoms with Crippen molar-refractivity contribution in [2.24, 2.45) is 28.8 Å². The first-order chi connectivity index (χ1) is 12.0. The molecule has 0 radical (unpaired) electrons. The van der Waals surface area contributed by atoms with Gasteiger partial charge in [-0.2, -0.15) is 10.1 Å². The number of ether oxygens (including phenoxy) is 1. The van der Waals surface area contributed by atoms with Crippen molar-refractivity contribution in [3.8, 4) is 11.5 Å². The summed E-state index contributed by atoms with van der Waals surface area (Å²) >= 11 is 2.00. The van der Waals surface area contributed by atoms with E-state index in [1.165, 1.54) is 6.21 Å². The van der Waals surface area contributed by atoms with E-state index < -0.39 is 0 Å². The number of nitrogens with zero attached hydrogens (tertiary/aromatic N) is 2. The molecule has 1 aromatic carbocycles. The number of aromatic hydroxyl groups is 1. The van der Waals surface area contributed by atoms with Crippen LogP contribution in [0.3, 0.4) is 0 Å². The third kappa shape index (κ3) is 2.56. The molecule has 1 aromatic rings. The lowest BCUT2D eigenvalue weighted by Crippen LogP contribution is -2.28. The second-order valence-electron chi connectivity index (χ2n) is 6.52. The normalized spacial score (nSPS) is 29.9. The van der Waals surface area contributed by atoms with Crippen LogP contribution in [0.5, 0.6) is 11.5 Å². The van der Waals surface area contributed by atoms with E-state index in [9.17, 15) is 14.7 Å². The summed E-state index contributed by atoms with van der Waals surface area (Å²) in [7, 11) is 0. The number of allylic oxidation sites excluding steroid dienone is 2. The Bertz CT molecular complexity index is 790. The lowest BCUT2D eigenvalue weighted by atomic mass is 9.85. The number of hydrogen-bond acceptors (Lipinski definition) is 5. The standard InChI is InChI=1S/C18H17IN2O4/c1-2-25-13-6-9(5-12(19)16(13)22)8-20-21-17(23)14-10-3-4-11(7-10)15(14)18(21)24/h3-6,8,10-11,14-15,22H,2,7H2,1H3/b20-8-/t10-,11-,14-,15-/m0/s1. The quantitative estimate of drug-likeness (QED) is 0.330. The van der Waals surface area contributed by atoms with Gasteiger partial charge < -0.3 is 9.84 Å². The Labute approximate surface area is 158 Å². The van der Waals surface area contributed by atoms with E-state index in [1.807, 2.05) is 29.5 Å². The number of rotatable bonds is 4. The Morgan fingerprint density at radius 3 is 2.52 bits per heavy atom. The molecule has 130 valence electrons. The summed E-state index contributed by atoms with van der Waals surface area (Å²) in [6.45, 7) is 2.25. The van der Waals surface area contributed by atoms with Crippen molar-refractivity contribution in [1.29, 1.82) is 0 Å². The fourth-order valence-electron chi connectivity index (χ4n) is 4.06. The van der Waals surface area contributed by atoms with Gasteiger partial charge in [0.1, 0.15) is 0 Å². The zero-order valence-electron chi connectivity index (χ0n) is 13.6. The summed E-state index contributed by atoms with van der Waals surface area (Å²) in [5.41, 5.74) is 0.657. The smallest absolute Gasteiger partial charge is 0.254 e. The van der Waals surface area contributed by atoms with Crippen LogP contribution >= 0.6 is 22.6 Å². The average Bonchev–Trinajstić information content (AvgIpc) is 3.25. The molecule has 2 amide bonds. The highest BCUT2D eigenvalue weighted by atomic mass is 127. The van der Waals surface area contributed by atoms with E-state index in [1.54, 1.807) is 12.1 Å². The highest BCUT2D eigenvalue weighted by Crippen LogP contribution is 2.52. The molecule has 1 saturated heterocycles. The Balaban J connectivity index is 1.59. The molecule has 25 heavy (non-hydrogen) atoms. The van der Waals surface area contributed by atoms with Crippen LogP contribution in [0.2, 0.25) is 0 Å². The second-order valence-corrected chi connectivity index (χ2v) is 7.68. The number of hydrazone groups is 1. The van der Waals surface area contributed by atoms with Crippen LogP contribution in [0.15, 0.2) is 29.4 Å². The van der Waals surface area contributed by atoms with Crippen LogP contribution in [0.1, 0.15) is 18.9 Å². The van der Waals surface area contributed by atoms with Crippen molar-refractivity contribution < 1.29 is 19.4 Å². The van der Waals surface area contributed by atoms with Gasteiger partial charge in [0.2, 0.25) is 0 Å². The fraction of sp³-hybridized carbons (Fsp3) is 0.389. The number of halogens is 1. The first kappa shape index (κ1) is 16.6. The summed E-state index contributed by atoms with van der Waals surface area (Å²) in [6, 6.07) is 3.36. The number of phenolic OH excluding ortho intramolecular Hbond substituents is 1. The first-order valence-electron chi connectivity index (χ1n) is 8.26. The zero-order valence-corrected chi connectivity index (χ0v) is 15.7. The number of carbonyl (C=O) groups excluding carboxylic acids is 2. The highest BCUT2D eigenvalue weighted by Gasteiger charge is 2.59. The van der Waals surface area contributed by atoms with Gasteiger partial charge in [-0.25, -0.2) is 0 Å². The van der Waals surface area contributed by atoms with Gasteiger partial charge in [-0.15, -0.1) is 0 Å². The molecule has 0 aromatic heterocycles. The Morgan fingerprint density at radius 1 is 1.28 bits per heavy atom. The molecule has 0 spiro atoms. The van der Waals surface area contributed by atoms with Crippen molar-refractivity contribution in [2.45, 2.75) is 13.3 Å². The van der Waals surface area contributed by atoms with E-state index in [0.717, 1.165) is 11.4 Å². The zero-order chi connectivity index (χ0) is 17.7. The Hall–Kier alpha value is -1.90. The Kier molecular flexibility index (Phi) is 4.05. The summed E-state index contributed by atoms with van der Waals surface area (Å²) in [6.07, 6.45) is 6.48. The van der Waals surface area contributed by atoms with Gasteiger partial charge in [-0.1, -0.05) is 12.2 Å². The van der Waals surface area contributed by atoms with Crippen molar-refractivity contribution in [1.82, 2.24) is 5.01 Å². The minimum atomic E-state index is -0.251. The predicted molar refractivity (Wildman–Crippen MR) is 99.2 cm³/mol. The average molecular weight is 452 g/mol. The van der Waals surface area contributed by atoms with Crippen molar-refractivity contribution in [2.75, 3.05) is 6.61 Å². The first-order valence-corrected chi connectivity index (χ1v) is 9.34. The Morgan fingerprint density at radius 2 is 1.92 bits per heavy atom. The van der Waals surface area contributed by atoms with E-state index in [4.69, 9.17) is 4.74 Å². The van der Waals surface area contributed by atoms with Gasteiger partial charge in [-0.3, -0.25) is 9.59 Å². The summed E-state index contributed by atoms with van der Waals surface area (Å²) in [5.74, 6) is -0.142. The van der Waals surface area contributed by atoms with Crippen LogP contribution in [-0.2, 0) is 9.59 Å². The SMILES string of the molecule is CCOc1cc(/C=N\N2C(=O)[C@@H]3[C@@H](C2=O)[C@H]2C=C[C@H]3C2)cc(I)c1O. The van der Waals surface area contributed by atoms with Crippen molar-refractivity contribution in [3.63, 3.8) is 0 Å². The minimum absolute atomic E-state index is 0.0742. The van der Waals surface area contributed by atoms with Gasteiger partial charge in [-0.05, 0) is 65.5 Å². The number of benzene rings is 1. The molecule has 6 nitrogen and oxygen atoms in total. The van der Waals surface area contributed by atoms with Crippen molar-refractivity contribution in [3.05, 3.63) is 33.4 Å². The summed E-state index contributed by atoms with van der Waals surface area (Å²) < 4.78 is 6.01. The van der Waals surface area contributed by atoms with E-state index in [2.05, 4.69) is 17.3 Å². The van der Waals surface area contributed by atoms with E-state index in [-0.39, 0.29) is 41.2 Å². The molecule has 4 rings (SSSR count). The molecule has 2 fully saturated rings. The summed E-state index contributed by atoms with van der Waals surface area (Å²) in [5, 5.41) is 15.2. The number of phenols is 1. The number of imide groups is 1. The molecular weight excluding hydrogens is 435 g/mol. The van der Waals surface area contributed by atoms with Crippen LogP contribution in [0.25, 0.3) is 0 Å². The molecule has 1 saturated carbocycles. The number of fused-ring (bicyclic) bond motifs is 5.